The largest absolute Gasteiger partial charge is 0.469 e. The fourth-order valence-corrected chi connectivity index (χ4v) is 3.17. The molecule has 5 nitrogen and oxygen atoms in total. The van der Waals surface area contributed by atoms with Crippen LogP contribution in [0.5, 0.6) is 0 Å². The monoisotopic (exact) mass is 299 g/mol. The number of ether oxygens (including phenoxy) is 3. The topological polar surface area (TPSA) is 56.8 Å². The van der Waals surface area contributed by atoms with Crippen molar-refractivity contribution in [1.29, 1.82) is 0 Å². The molecule has 20 heavy (non-hydrogen) atoms. The standard InChI is InChI=1S/C14H21NO4S/c1-17-13(16)7-11-3-4-12(20-11)8-15-9-14(18-2)5-6-19-10-14/h3-4,15H,5-10H2,1-2H3. The first kappa shape index (κ1) is 15.4. The molecule has 0 radical (unpaired) electrons. The fourth-order valence-electron chi connectivity index (χ4n) is 2.20. The zero-order valence-corrected chi connectivity index (χ0v) is 12.8. The zero-order valence-electron chi connectivity index (χ0n) is 11.9. The molecule has 2 heterocycles. The van der Waals surface area contributed by atoms with E-state index in [0.29, 0.717) is 13.0 Å². The number of methoxy groups -OCH3 is 2. The molecular formula is C14H21NO4S. The molecule has 1 unspecified atom stereocenters. The van der Waals surface area contributed by atoms with Crippen molar-refractivity contribution in [2.24, 2.45) is 0 Å². The lowest BCUT2D eigenvalue weighted by molar-refractivity contribution is -0.139. The van der Waals surface area contributed by atoms with Crippen LogP contribution in [0.4, 0.5) is 0 Å². The number of hydrogen-bond acceptors (Lipinski definition) is 6. The molecule has 0 saturated carbocycles. The Morgan fingerprint density at radius 2 is 2.25 bits per heavy atom. The predicted molar refractivity (Wildman–Crippen MR) is 76.9 cm³/mol. The Bertz CT molecular complexity index is 440. The summed E-state index contributed by atoms with van der Waals surface area (Å²) in [6.45, 7) is 2.96. The molecule has 0 amide bonds. The molecule has 1 aromatic rings. The molecule has 0 aliphatic carbocycles. The number of hydrogen-bond donors (Lipinski definition) is 1. The minimum Gasteiger partial charge on any atom is -0.469 e. The molecule has 6 heteroatoms. The van der Waals surface area contributed by atoms with Crippen molar-refractivity contribution < 1.29 is 19.0 Å². The Labute approximate surface area is 123 Å². The minimum atomic E-state index is -0.201. The van der Waals surface area contributed by atoms with E-state index in [-0.39, 0.29) is 11.6 Å². The van der Waals surface area contributed by atoms with Crippen LogP contribution in [-0.4, -0.2) is 45.5 Å². The quantitative estimate of drug-likeness (QED) is 0.770. The van der Waals surface area contributed by atoms with E-state index in [1.165, 1.54) is 12.0 Å². The normalized spacial score (nSPS) is 22.1. The lowest BCUT2D eigenvalue weighted by Crippen LogP contribution is -2.42. The van der Waals surface area contributed by atoms with Gasteiger partial charge in [-0.25, -0.2) is 0 Å². The first-order valence-corrected chi connectivity index (χ1v) is 7.47. The lowest BCUT2D eigenvalue weighted by atomic mass is 10.0. The van der Waals surface area contributed by atoms with Crippen LogP contribution in [0.1, 0.15) is 16.2 Å². The van der Waals surface area contributed by atoms with Crippen molar-refractivity contribution in [1.82, 2.24) is 5.32 Å². The number of nitrogens with one attached hydrogen (secondary N) is 1. The van der Waals surface area contributed by atoms with Crippen LogP contribution in [0.2, 0.25) is 0 Å². The predicted octanol–water partition coefficient (Wildman–Crippen LogP) is 1.36. The third-order valence-electron chi connectivity index (χ3n) is 3.51. The van der Waals surface area contributed by atoms with Crippen molar-refractivity contribution in [3.63, 3.8) is 0 Å². The first-order valence-electron chi connectivity index (χ1n) is 6.65. The number of rotatable bonds is 7. The van der Waals surface area contributed by atoms with Gasteiger partial charge in [-0.2, -0.15) is 0 Å². The van der Waals surface area contributed by atoms with Gasteiger partial charge in [0.1, 0.15) is 5.60 Å². The summed E-state index contributed by atoms with van der Waals surface area (Å²) in [5, 5.41) is 3.41. The highest BCUT2D eigenvalue weighted by molar-refractivity contribution is 7.12. The van der Waals surface area contributed by atoms with E-state index >= 15 is 0 Å². The van der Waals surface area contributed by atoms with Gasteiger partial charge in [0, 0.05) is 43.0 Å². The molecule has 0 bridgehead atoms. The van der Waals surface area contributed by atoms with Crippen molar-refractivity contribution in [2.75, 3.05) is 34.0 Å². The van der Waals surface area contributed by atoms with E-state index < -0.39 is 0 Å². The molecule has 1 fully saturated rings. The van der Waals surface area contributed by atoms with E-state index in [0.717, 1.165) is 31.0 Å². The highest BCUT2D eigenvalue weighted by Gasteiger charge is 2.34. The van der Waals surface area contributed by atoms with Gasteiger partial charge in [-0.1, -0.05) is 0 Å². The number of carbonyl (C=O) groups is 1. The molecule has 1 aliphatic rings. The summed E-state index contributed by atoms with van der Waals surface area (Å²) in [6, 6.07) is 4.02. The summed E-state index contributed by atoms with van der Waals surface area (Å²) in [7, 11) is 3.14. The molecule has 1 N–H and O–H groups in total. The first-order chi connectivity index (χ1) is 9.67. The zero-order chi connectivity index (χ0) is 14.4. The average molecular weight is 299 g/mol. The lowest BCUT2D eigenvalue weighted by Gasteiger charge is -2.25. The summed E-state index contributed by atoms with van der Waals surface area (Å²) in [5.41, 5.74) is -0.188. The van der Waals surface area contributed by atoms with Crippen LogP contribution in [-0.2, 0) is 32.0 Å². The van der Waals surface area contributed by atoms with E-state index in [1.807, 2.05) is 12.1 Å². The van der Waals surface area contributed by atoms with Crippen molar-refractivity contribution >= 4 is 17.3 Å². The van der Waals surface area contributed by atoms with Gasteiger partial charge in [-0.3, -0.25) is 4.79 Å². The molecule has 1 aliphatic heterocycles. The highest BCUT2D eigenvalue weighted by Crippen LogP contribution is 2.22. The van der Waals surface area contributed by atoms with Gasteiger partial charge < -0.3 is 19.5 Å². The molecule has 0 aromatic carbocycles. The fraction of sp³-hybridized carbons (Fsp3) is 0.643. The van der Waals surface area contributed by atoms with Crippen LogP contribution in [0.25, 0.3) is 0 Å². The molecule has 1 saturated heterocycles. The molecule has 1 aromatic heterocycles. The van der Waals surface area contributed by atoms with E-state index in [1.54, 1.807) is 18.4 Å². The Hall–Kier alpha value is -0.950. The molecule has 112 valence electrons. The molecular weight excluding hydrogens is 278 g/mol. The van der Waals surface area contributed by atoms with Crippen LogP contribution >= 0.6 is 11.3 Å². The van der Waals surface area contributed by atoms with Crippen molar-refractivity contribution in [3.05, 3.63) is 21.9 Å². The van der Waals surface area contributed by atoms with Crippen LogP contribution < -0.4 is 5.32 Å². The Morgan fingerprint density at radius 3 is 2.90 bits per heavy atom. The number of esters is 1. The maximum atomic E-state index is 11.2. The Balaban J connectivity index is 1.78. The van der Waals surface area contributed by atoms with Crippen molar-refractivity contribution in [2.45, 2.75) is 25.0 Å². The van der Waals surface area contributed by atoms with Crippen molar-refractivity contribution in [3.8, 4) is 0 Å². The van der Waals surface area contributed by atoms with Gasteiger partial charge >= 0.3 is 5.97 Å². The smallest absolute Gasteiger partial charge is 0.310 e. The number of thiophene rings is 1. The average Bonchev–Trinajstić information content (AvgIpc) is 3.09. The number of carbonyl (C=O) groups excluding carboxylic acids is 1. The van der Waals surface area contributed by atoms with Crippen LogP contribution in [0.15, 0.2) is 12.1 Å². The van der Waals surface area contributed by atoms with Gasteiger partial charge in [-0.05, 0) is 12.1 Å². The SMILES string of the molecule is COC(=O)Cc1ccc(CNCC2(OC)CCOC2)s1. The molecule has 1 atom stereocenters. The maximum absolute atomic E-state index is 11.2. The minimum absolute atomic E-state index is 0.188. The maximum Gasteiger partial charge on any atom is 0.310 e. The summed E-state index contributed by atoms with van der Waals surface area (Å²) in [4.78, 5) is 13.4. The van der Waals surface area contributed by atoms with E-state index in [2.05, 4.69) is 10.1 Å². The van der Waals surface area contributed by atoms with E-state index in [4.69, 9.17) is 9.47 Å². The molecule has 0 spiro atoms. The summed E-state index contributed by atoms with van der Waals surface area (Å²) in [6.07, 6.45) is 1.27. The van der Waals surface area contributed by atoms with Gasteiger partial charge in [0.2, 0.25) is 0 Å². The Morgan fingerprint density at radius 1 is 1.45 bits per heavy atom. The second kappa shape index (κ2) is 7.17. The summed E-state index contributed by atoms with van der Waals surface area (Å²) < 4.78 is 15.6. The summed E-state index contributed by atoms with van der Waals surface area (Å²) in [5.74, 6) is -0.201. The summed E-state index contributed by atoms with van der Waals surface area (Å²) >= 11 is 1.63. The van der Waals surface area contributed by atoms with Crippen LogP contribution in [0.3, 0.4) is 0 Å². The van der Waals surface area contributed by atoms with Gasteiger partial charge in [-0.15, -0.1) is 11.3 Å². The van der Waals surface area contributed by atoms with E-state index in [9.17, 15) is 4.79 Å². The second-order valence-electron chi connectivity index (χ2n) is 4.91. The third-order valence-corrected chi connectivity index (χ3v) is 4.60. The van der Waals surface area contributed by atoms with Crippen LogP contribution in [0, 0.1) is 0 Å². The molecule has 2 rings (SSSR count). The van der Waals surface area contributed by atoms with Gasteiger partial charge in [0.25, 0.3) is 0 Å². The highest BCUT2D eigenvalue weighted by atomic mass is 32.1. The Kier molecular flexibility index (Phi) is 5.54. The van der Waals surface area contributed by atoms with Gasteiger partial charge in [0.15, 0.2) is 0 Å². The van der Waals surface area contributed by atoms with Gasteiger partial charge in [0.05, 0.1) is 20.1 Å². The second-order valence-corrected chi connectivity index (χ2v) is 6.17. The third kappa shape index (κ3) is 4.02.